The fourth-order valence-electron chi connectivity index (χ4n) is 2.13. The van der Waals surface area contributed by atoms with Gasteiger partial charge in [-0.3, -0.25) is 0 Å². The molecule has 0 aliphatic carbocycles. The van der Waals surface area contributed by atoms with Crippen molar-refractivity contribution in [1.29, 1.82) is 0 Å². The molecule has 0 spiro atoms. The maximum absolute atomic E-state index is 9.66. The summed E-state index contributed by atoms with van der Waals surface area (Å²) in [6, 6.07) is 5.10. The maximum Gasteiger partial charge on any atom is 0.120 e. The number of aromatic hydroxyl groups is 1. The van der Waals surface area contributed by atoms with E-state index in [9.17, 15) is 5.11 Å². The Morgan fingerprint density at radius 3 is 3.06 bits per heavy atom. The first-order valence-electron chi connectivity index (χ1n) is 5.96. The monoisotopic (exact) mass is 255 g/mol. The lowest BCUT2D eigenvalue weighted by Gasteiger charge is -2.15. The van der Waals surface area contributed by atoms with Crippen molar-refractivity contribution in [2.75, 3.05) is 13.2 Å². The molecule has 0 saturated carbocycles. The highest BCUT2D eigenvalue weighted by Crippen LogP contribution is 2.22. The average molecular weight is 256 g/mol. The van der Waals surface area contributed by atoms with Gasteiger partial charge in [-0.05, 0) is 37.5 Å². The van der Waals surface area contributed by atoms with Crippen molar-refractivity contribution in [2.45, 2.75) is 26.0 Å². The van der Waals surface area contributed by atoms with Gasteiger partial charge in [0.15, 0.2) is 0 Å². The molecule has 1 aliphatic rings. The molecular weight excluding hydrogens is 238 g/mol. The van der Waals surface area contributed by atoms with E-state index in [1.165, 1.54) is 0 Å². The Bertz CT molecular complexity index is 384. The largest absolute Gasteiger partial charge is 0.508 e. The molecule has 2 unspecified atom stereocenters. The third-order valence-electron chi connectivity index (χ3n) is 3.30. The molecule has 0 aromatic heterocycles. The van der Waals surface area contributed by atoms with E-state index in [0.29, 0.717) is 23.6 Å². The van der Waals surface area contributed by atoms with Gasteiger partial charge in [0, 0.05) is 30.3 Å². The molecule has 3 nitrogen and oxygen atoms in total. The highest BCUT2D eigenvalue weighted by Gasteiger charge is 2.23. The third kappa shape index (κ3) is 3.35. The van der Waals surface area contributed by atoms with Crippen molar-refractivity contribution in [3.05, 3.63) is 28.8 Å². The van der Waals surface area contributed by atoms with Gasteiger partial charge in [-0.25, -0.2) is 0 Å². The lowest BCUT2D eigenvalue weighted by Crippen LogP contribution is -2.26. The second kappa shape index (κ2) is 5.71. The Morgan fingerprint density at radius 1 is 1.53 bits per heavy atom. The predicted molar refractivity (Wildman–Crippen MR) is 68.3 cm³/mol. The van der Waals surface area contributed by atoms with Gasteiger partial charge in [0.1, 0.15) is 5.75 Å². The van der Waals surface area contributed by atoms with E-state index in [1.807, 2.05) is 0 Å². The molecular formula is C13H18ClNO2. The molecule has 2 N–H and O–H groups in total. The van der Waals surface area contributed by atoms with Crippen LogP contribution in [-0.4, -0.2) is 24.4 Å². The number of phenolic OH excluding ortho intramolecular Hbond substituents is 1. The summed E-state index contributed by atoms with van der Waals surface area (Å²) >= 11 is 5.89. The summed E-state index contributed by atoms with van der Waals surface area (Å²) in [6.07, 6.45) is 1.44. The van der Waals surface area contributed by atoms with Gasteiger partial charge < -0.3 is 15.2 Å². The summed E-state index contributed by atoms with van der Waals surface area (Å²) in [5.41, 5.74) is 0.837. The number of ether oxygens (including phenoxy) is 1. The first-order valence-corrected chi connectivity index (χ1v) is 6.34. The highest BCUT2D eigenvalue weighted by molar-refractivity contribution is 6.30. The number of nitrogens with one attached hydrogen (secondary N) is 1. The van der Waals surface area contributed by atoms with Crippen molar-refractivity contribution in [1.82, 2.24) is 5.32 Å². The summed E-state index contributed by atoms with van der Waals surface area (Å²) in [5, 5.41) is 13.6. The molecule has 0 bridgehead atoms. The summed E-state index contributed by atoms with van der Waals surface area (Å²) in [4.78, 5) is 0. The fourth-order valence-corrected chi connectivity index (χ4v) is 2.33. The summed E-state index contributed by atoms with van der Waals surface area (Å²) < 4.78 is 5.50. The zero-order valence-corrected chi connectivity index (χ0v) is 10.7. The van der Waals surface area contributed by atoms with Crippen LogP contribution in [0.25, 0.3) is 0 Å². The number of rotatable bonds is 4. The quantitative estimate of drug-likeness (QED) is 0.869. The molecule has 1 fully saturated rings. The second-order valence-corrected chi connectivity index (χ2v) is 4.97. The molecule has 1 aromatic carbocycles. The fraction of sp³-hybridized carbons (Fsp3) is 0.538. The van der Waals surface area contributed by atoms with Crippen LogP contribution in [0.1, 0.15) is 18.9 Å². The summed E-state index contributed by atoms with van der Waals surface area (Å²) in [6.45, 7) is 4.51. The lowest BCUT2D eigenvalue weighted by molar-refractivity contribution is 0.105. The van der Waals surface area contributed by atoms with E-state index in [-0.39, 0.29) is 5.75 Å². The number of hydrogen-bond acceptors (Lipinski definition) is 3. The molecule has 4 heteroatoms. The van der Waals surface area contributed by atoms with Crippen molar-refractivity contribution in [3.8, 4) is 5.75 Å². The molecule has 0 radical (unpaired) electrons. The van der Waals surface area contributed by atoms with Gasteiger partial charge in [-0.2, -0.15) is 0 Å². The standard InChI is InChI=1S/C13H18ClNO2/c1-9-10(4-5-17-9)7-15-8-11-6-12(14)2-3-13(11)16/h2-3,6,9-10,15-16H,4-5,7-8H2,1H3. The van der Waals surface area contributed by atoms with Crippen LogP contribution in [0.4, 0.5) is 0 Å². The molecule has 1 heterocycles. The summed E-state index contributed by atoms with van der Waals surface area (Å²) in [7, 11) is 0. The van der Waals surface area contributed by atoms with Crippen LogP contribution >= 0.6 is 11.6 Å². The minimum absolute atomic E-state index is 0.289. The smallest absolute Gasteiger partial charge is 0.120 e. The van der Waals surface area contributed by atoms with Crippen molar-refractivity contribution >= 4 is 11.6 Å². The molecule has 1 aromatic rings. The highest BCUT2D eigenvalue weighted by atomic mass is 35.5. The van der Waals surface area contributed by atoms with Crippen LogP contribution in [0.2, 0.25) is 5.02 Å². The SMILES string of the molecule is CC1OCCC1CNCc1cc(Cl)ccc1O. The molecule has 2 atom stereocenters. The van der Waals surface area contributed by atoms with Crippen molar-refractivity contribution in [2.24, 2.45) is 5.92 Å². The Labute approximate surface area is 107 Å². The van der Waals surface area contributed by atoms with E-state index in [2.05, 4.69) is 12.2 Å². The molecule has 1 aliphatic heterocycles. The van der Waals surface area contributed by atoms with E-state index >= 15 is 0 Å². The van der Waals surface area contributed by atoms with Gasteiger partial charge >= 0.3 is 0 Å². The number of benzene rings is 1. The zero-order chi connectivity index (χ0) is 12.3. The topological polar surface area (TPSA) is 41.5 Å². The molecule has 2 rings (SSSR count). The van der Waals surface area contributed by atoms with Crippen LogP contribution in [0.3, 0.4) is 0 Å². The van der Waals surface area contributed by atoms with Crippen molar-refractivity contribution < 1.29 is 9.84 Å². The second-order valence-electron chi connectivity index (χ2n) is 4.53. The first-order chi connectivity index (χ1) is 8.16. The Morgan fingerprint density at radius 2 is 2.35 bits per heavy atom. The minimum Gasteiger partial charge on any atom is -0.508 e. The number of halogens is 1. The molecule has 1 saturated heterocycles. The average Bonchev–Trinajstić information content (AvgIpc) is 2.70. The van der Waals surface area contributed by atoms with Gasteiger partial charge in [-0.15, -0.1) is 0 Å². The lowest BCUT2D eigenvalue weighted by atomic mass is 10.0. The van der Waals surface area contributed by atoms with Gasteiger partial charge in [0.05, 0.1) is 6.10 Å². The van der Waals surface area contributed by atoms with Gasteiger partial charge in [0.25, 0.3) is 0 Å². The minimum atomic E-state index is 0.289. The van der Waals surface area contributed by atoms with Crippen LogP contribution in [0.5, 0.6) is 5.75 Å². The number of hydrogen-bond donors (Lipinski definition) is 2. The van der Waals surface area contributed by atoms with E-state index < -0.39 is 0 Å². The van der Waals surface area contributed by atoms with Gasteiger partial charge in [-0.1, -0.05) is 11.6 Å². The predicted octanol–water partition coefficient (Wildman–Crippen LogP) is 2.56. The van der Waals surface area contributed by atoms with Crippen molar-refractivity contribution in [3.63, 3.8) is 0 Å². The Hall–Kier alpha value is -0.770. The van der Waals surface area contributed by atoms with E-state index in [1.54, 1.807) is 18.2 Å². The zero-order valence-electron chi connectivity index (χ0n) is 9.95. The molecule has 0 amide bonds. The maximum atomic E-state index is 9.66. The van der Waals surface area contributed by atoms with Crippen LogP contribution < -0.4 is 5.32 Å². The van der Waals surface area contributed by atoms with Crippen LogP contribution in [-0.2, 0) is 11.3 Å². The molecule has 94 valence electrons. The third-order valence-corrected chi connectivity index (χ3v) is 3.53. The normalized spacial score (nSPS) is 24.1. The Balaban J connectivity index is 1.83. The molecule has 17 heavy (non-hydrogen) atoms. The van der Waals surface area contributed by atoms with Crippen LogP contribution in [0, 0.1) is 5.92 Å². The summed E-state index contributed by atoms with van der Waals surface area (Å²) in [5.74, 6) is 0.856. The van der Waals surface area contributed by atoms with E-state index in [4.69, 9.17) is 16.3 Å². The van der Waals surface area contributed by atoms with Gasteiger partial charge in [0.2, 0.25) is 0 Å². The number of phenols is 1. The first kappa shape index (κ1) is 12.7. The van der Waals surface area contributed by atoms with Crippen LogP contribution in [0.15, 0.2) is 18.2 Å². The van der Waals surface area contributed by atoms with E-state index in [0.717, 1.165) is 25.1 Å². The Kier molecular flexibility index (Phi) is 4.26.